The lowest BCUT2D eigenvalue weighted by atomic mass is 10.1. The number of methoxy groups -OCH3 is 1. The molecule has 0 saturated heterocycles. The maximum absolute atomic E-state index is 13.7. The van der Waals surface area contributed by atoms with Gasteiger partial charge in [-0.1, -0.05) is 6.07 Å². The van der Waals surface area contributed by atoms with Gasteiger partial charge in [0, 0.05) is 7.05 Å². The average Bonchev–Trinajstić information content (AvgIpc) is 2.56. The summed E-state index contributed by atoms with van der Waals surface area (Å²) in [5.41, 5.74) is -0.475. The molecule has 2 aromatic rings. The van der Waals surface area contributed by atoms with Crippen LogP contribution in [0.3, 0.4) is 0 Å². The van der Waals surface area contributed by atoms with Crippen molar-refractivity contribution >= 4 is 27.3 Å². The molecule has 0 aromatic heterocycles. The minimum atomic E-state index is -3.55. The van der Waals surface area contributed by atoms with Gasteiger partial charge >= 0.3 is 0 Å². The van der Waals surface area contributed by atoms with E-state index < -0.39 is 33.3 Å². The molecule has 1 N–H and O–H groups in total. The molecule has 0 saturated carbocycles. The Bertz CT molecular complexity index is 896. The van der Waals surface area contributed by atoms with Gasteiger partial charge in [-0.25, -0.2) is 17.2 Å². The molecule has 0 unspecified atom stereocenters. The van der Waals surface area contributed by atoms with E-state index in [-0.39, 0.29) is 17.0 Å². The van der Waals surface area contributed by atoms with E-state index in [0.717, 1.165) is 22.7 Å². The molecule has 0 fully saturated rings. The standard InChI is InChI=1S/C16H16F2N2O4S/c1-20(25(3,22)23)10-7-8-14(24-2)11(9-10)16(21)19-15-12(17)5-4-6-13(15)18/h4-9H,1-3H3,(H,19,21). The Morgan fingerprint density at radius 1 is 1.16 bits per heavy atom. The molecule has 134 valence electrons. The van der Waals surface area contributed by atoms with Crippen LogP contribution >= 0.6 is 0 Å². The molecule has 2 aromatic carbocycles. The molecule has 0 bridgehead atoms. The first-order chi connectivity index (χ1) is 11.6. The Hall–Kier alpha value is -2.68. The number of hydrogen-bond acceptors (Lipinski definition) is 4. The van der Waals surface area contributed by atoms with E-state index in [1.165, 1.54) is 38.4 Å². The number of rotatable bonds is 5. The third kappa shape index (κ3) is 4.05. The van der Waals surface area contributed by atoms with E-state index in [1.807, 2.05) is 0 Å². The van der Waals surface area contributed by atoms with Crippen LogP contribution in [0.1, 0.15) is 10.4 Å². The van der Waals surface area contributed by atoms with Crippen LogP contribution in [0.2, 0.25) is 0 Å². The maximum Gasteiger partial charge on any atom is 0.259 e. The Balaban J connectivity index is 2.44. The molecule has 0 atom stereocenters. The Morgan fingerprint density at radius 2 is 1.76 bits per heavy atom. The summed E-state index contributed by atoms with van der Waals surface area (Å²) in [5.74, 6) is -2.59. The predicted molar refractivity (Wildman–Crippen MR) is 90.6 cm³/mol. The van der Waals surface area contributed by atoms with Crippen molar-refractivity contribution in [3.63, 3.8) is 0 Å². The molecule has 0 spiro atoms. The van der Waals surface area contributed by atoms with Crippen LogP contribution < -0.4 is 14.4 Å². The number of amides is 1. The lowest BCUT2D eigenvalue weighted by Gasteiger charge is -2.18. The van der Waals surface area contributed by atoms with Gasteiger partial charge in [-0.3, -0.25) is 9.10 Å². The zero-order chi connectivity index (χ0) is 18.8. The molecule has 0 aliphatic rings. The zero-order valence-electron chi connectivity index (χ0n) is 13.7. The van der Waals surface area contributed by atoms with Gasteiger partial charge in [0.25, 0.3) is 5.91 Å². The highest BCUT2D eigenvalue weighted by atomic mass is 32.2. The summed E-state index contributed by atoms with van der Waals surface area (Å²) in [5, 5.41) is 2.14. The maximum atomic E-state index is 13.7. The number of nitrogens with one attached hydrogen (secondary N) is 1. The van der Waals surface area contributed by atoms with Crippen LogP contribution in [0.25, 0.3) is 0 Å². The molecule has 0 heterocycles. The summed E-state index contributed by atoms with van der Waals surface area (Å²) >= 11 is 0. The van der Waals surface area contributed by atoms with E-state index >= 15 is 0 Å². The van der Waals surface area contributed by atoms with Crippen LogP contribution in [-0.2, 0) is 10.0 Å². The first-order valence-electron chi connectivity index (χ1n) is 7.02. The fraction of sp³-hybridized carbons (Fsp3) is 0.188. The minimum absolute atomic E-state index is 0.0712. The second kappa shape index (κ2) is 7.06. The summed E-state index contributed by atoms with van der Waals surface area (Å²) in [6.45, 7) is 0. The topological polar surface area (TPSA) is 75.7 Å². The van der Waals surface area contributed by atoms with Crippen LogP contribution in [-0.4, -0.2) is 34.7 Å². The van der Waals surface area contributed by atoms with E-state index in [4.69, 9.17) is 4.74 Å². The van der Waals surface area contributed by atoms with E-state index in [0.29, 0.717) is 0 Å². The lowest BCUT2D eigenvalue weighted by molar-refractivity contribution is 0.102. The van der Waals surface area contributed by atoms with Crippen LogP contribution in [0, 0.1) is 11.6 Å². The second-order valence-electron chi connectivity index (χ2n) is 5.17. The highest BCUT2D eigenvalue weighted by Crippen LogP contribution is 2.27. The fourth-order valence-corrected chi connectivity index (χ4v) is 2.56. The third-order valence-electron chi connectivity index (χ3n) is 3.49. The fourth-order valence-electron chi connectivity index (χ4n) is 2.06. The normalized spacial score (nSPS) is 11.1. The molecular weight excluding hydrogens is 354 g/mol. The number of nitrogens with zero attached hydrogens (tertiary/aromatic N) is 1. The third-order valence-corrected chi connectivity index (χ3v) is 4.70. The van der Waals surface area contributed by atoms with Gasteiger partial charge in [0.2, 0.25) is 10.0 Å². The zero-order valence-corrected chi connectivity index (χ0v) is 14.5. The first-order valence-corrected chi connectivity index (χ1v) is 8.87. The number of ether oxygens (including phenoxy) is 1. The Morgan fingerprint density at radius 3 is 2.28 bits per heavy atom. The van der Waals surface area contributed by atoms with Crippen molar-refractivity contribution in [1.82, 2.24) is 0 Å². The van der Waals surface area contributed by atoms with Crippen molar-refractivity contribution in [2.45, 2.75) is 0 Å². The van der Waals surface area contributed by atoms with Gasteiger partial charge in [0.1, 0.15) is 23.1 Å². The number of hydrogen-bond donors (Lipinski definition) is 1. The van der Waals surface area contributed by atoms with Crippen molar-refractivity contribution in [2.24, 2.45) is 0 Å². The summed E-state index contributed by atoms with van der Waals surface area (Å²) < 4.78 is 56.7. The molecule has 1 amide bonds. The van der Waals surface area contributed by atoms with Crippen LogP contribution in [0.5, 0.6) is 5.75 Å². The van der Waals surface area contributed by atoms with Crippen molar-refractivity contribution in [3.05, 3.63) is 53.6 Å². The van der Waals surface area contributed by atoms with Gasteiger partial charge in [-0.05, 0) is 30.3 Å². The highest BCUT2D eigenvalue weighted by molar-refractivity contribution is 7.92. The largest absolute Gasteiger partial charge is 0.496 e. The van der Waals surface area contributed by atoms with Crippen molar-refractivity contribution in [2.75, 3.05) is 30.0 Å². The molecule has 2 rings (SSSR count). The molecule has 0 radical (unpaired) electrons. The summed E-state index contributed by atoms with van der Waals surface area (Å²) in [7, 11) is -0.919. The monoisotopic (exact) mass is 370 g/mol. The number of sulfonamides is 1. The number of benzene rings is 2. The van der Waals surface area contributed by atoms with Gasteiger partial charge in [-0.15, -0.1) is 0 Å². The van der Waals surface area contributed by atoms with E-state index in [1.54, 1.807) is 0 Å². The number of anilines is 2. The summed E-state index contributed by atoms with van der Waals surface area (Å²) in [4.78, 5) is 12.4. The van der Waals surface area contributed by atoms with Crippen LogP contribution in [0.15, 0.2) is 36.4 Å². The summed E-state index contributed by atoms with van der Waals surface area (Å²) in [6, 6.07) is 7.27. The minimum Gasteiger partial charge on any atom is -0.496 e. The van der Waals surface area contributed by atoms with Crippen molar-refractivity contribution < 1.29 is 26.7 Å². The SMILES string of the molecule is COc1ccc(N(C)S(C)(=O)=O)cc1C(=O)Nc1c(F)cccc1F. The predicted octanol–water partition coefficient (Wildman–Crippen LogP) is 2.62. The molecule has 0 aliphatic carbocycles. The molecule has 9 heteroatoms. The van der Waals surface area contributed by atoms with Gasteiger partial charge in [-0.2, -0.15) is 0 Å². The summed E-state index contributed by atoms with van der Waals surface area (Å²) in [6.07, 6.45) is 1.01. The number of para-hydroxylation sites is 1. The molecule has 25 heavy (non-hydrogen) atoms. The molecule has 6 nitrogen and oxygen atoms in total. The first kappa shape index (κ1) is 18.7. The van der Waals surface area contributed by atoms with E-state index in [9.17, 15) is 22.0 Å². The molecular formula is C16H16F2N2O4S. The quantitative estimate of drug-likeness (QED) is 0.878. The van der Waals surface area contributed by atoms with Crippen molar-refractivity contribution in [3.8, 4) is 5.75 Å². The highest BCUT2D eigenvalue weighted by Gasteiger charge is 2.20. The average molecular weight is 370 g/mol. The number of carbonyl (C=O) groups excluding carboxylic acids is 1. The second-order valence-corrected chi connectivity index (χ2v) is 7.18. The Labute approximate surface area is 144 Å². The number of halogens is 2. The smallest absolute Gasteiger partial charge is 0.259 e. The van der Waals surface area contributed by atoms with Crippen molar-refractivity contribution in [1.29, 1.82) is 0 Å². The van der Waals surface area contributed by atoms with Gasteiger partial charge in [0.05, 0.1) is 24.6 Å². The van der Waals surface area contributed by atoms with E-state index in [2.05, 4.69) is 5.32 Å². The number of carbonyl (C=O) groups is 1. The van der Waals surface area contributed by atoms with Gasteiger partial charge in [0.15, 0.2) is 0 Å². The Kier molecular flexibility index (Phi) is 5.27. The lowest BCUT2D eigenvalue weighted by Crippen LogP contribution is -2.25. The van der Waals surface area contributed by atoms with Gasteiger partial charge < -0.3 is 10.1 Å². The molecule has 0 aliphatic heterocycles. The van der Waals surface area contributed by atoms with Crippen LogP contribution in [0.4, 0.5) is 20.2 Å².